The van der Waals surface area contributed by atoms with Crippen molar-refractivity contribution >= 4 is 5.97 Å². The second-order valence-electron chi connectivity index (χ2n) is 3.86. The molecule has 0 heterocycles. The Morgan fingerprint density at radius 3 is 1.75 bits per heavy atom. The smallest absolute Gasteiger partial charge is 0.300 e. The maximum Gasteiger partial charge on any atom is 0.300 e. The molecule has 0 saturated carbocycles. The van der Waals surface area contributed by atoms with Crippen LogP contribution in [0, 0.1) is 6.92 Å². The number of aliphatic carboxylic acids is 1. The summed E-state index contributed by atoms with van der Waals surface area (Å²) in [6.45, 7) is 6.81. The molecular weight excluding hydrogens is 208 g/mol. The molecule has 90 valence electrons. The molecule has 1 rings (SSSR count). The minimum absolute atomic E-state index is 0.165. The van der Waals surface area contributed by atoms with E-state index in [2.05, 4.69) is 0 Å². The fourth-order valence-corrected chi connectivity index (χ4v) is 1.04. The molecule has 0 radical (unpaired) electrons. The predicted octanol–water partition coefficient (Wildman–Crippen LogP) is 2.62. The third-order valence-corrected chi connectivity index (χ3v) is 2.04. The largest absolute Gasteiger partial charge is 0.508 e. The second-order valence-corrected chi connectivity index (χ2v) is 3.86. The van der Waals surface area contributed by atoms with Crippen LogP contribution in [-0.2, 0) is 4.79 Å². The summed E-state index contributed by atoms with van der Waals surface area (Å²) in [4.78, 5) is 9.00. The van der Waals surface area contributed by atoms with Gasteiger partial charge in [-0.25, -0.2) is 0 Å². The van der Waals surface area contributed by atoms with Gasteiger partial charge in [0.05, 0.1) is 0 Å². The monoisotopic (exact) mass is 226 g/mol. The number of hydrogen-bond donors (Lipinski definition) is 3. The van der Waals surface area contributed by atoms with Crippen LogP contribution in [0.1, 0.15) is 37.8 Å². The molecule has 4 heteroatoms. The van der Waals surface area contributed by atoms with Crippen molar-refractivity contribution in [3.63, 3.8) is 0 Å². The number of aromatic hydroxyl groups is 2. The van der Waals surface area contributed by atoms with E-state index in [1.54, 1.807) is 19.1 Å². The van der Waals surface area contributed by atoms with Crippen LogP contribution in [0.15, 0.2) is 12.1 Å². The maximum atomic E-state index is 9.37. The van der Waals surface area contributed by atoms with Gasteiger partial charge in [0.1, 0.15) is 11.5 Å². The van der Waals surface area contributed by atoms with E-state index in [9.17, 15) is 10.2 Å². The minimum Gasteiger partial charge on any atom is -0.508 e. The van der Waals surface area contributed by atoms with E-state index in [4.69, 9.17) is 9.90 Å². The Bertz CT molecular complexity index is 342. The van der Waals surface area contributed by atoms with Crippen LogP contribution in [0.2, 0.25) is 0 Å². The van der Waals surface area contributed by atoms with E-state index >= 15 is 0 Å². The van der Waals surface area contributed by atoms with Crippen LogP contribution in [0.3, 0.4) is 0 Å². The van der Waals surface area contributed by atoms with E-state index in [1.165, 1.54) is 0 Å². The van der Waals surface area contributed by atoms with Crippen LogP contribution in [0.5, 0.6) is 11.5 Å². The van der Waals surface area contributed by atoms with Gasteiger partial charge in [0.25, 0.3) is 5.97 Å². The summed E-state index contributed by atoms with van der Waals surface area (Å²) in [6, 6.07) is 3.39. The zero-order valence-electron chi connectivity index (χ0n) is 9.98. The number of carboxylic acid groups (broad SMARTS) is 1. The minimum atomic E-state index is -0.833. The molecule has 0 fully saturated rings. The highest BCUT2D eigenvalue weighted by Crippen LogP contribution is 2.30. The van der Waals surface area contributed by atoms with Gasteiger partial charge in [-0.1, -0.05) is 13.8 Å². The first-order valence-corrected chi connectivity index (χ1v) is 4.97. The Kier molecular flexibility index (Phi) is 5.36. The van der Waals surface area contributed by atoms with Crippen molar-refractivity contribution in [3.8, 4) is 11.5 Å². The average Bonchev–Trinajstić information content (AvgIpc) is 2.12. The van der Waals surface area contributed by atoms with Gasteiger partial charge >= 0.3 is 0 Å². The number of phenols is 2. The van der Waals surface area contributed by atoms with E-state index in [0.29, 0.717) is 11.5 Å². The molecule has 0 aliphatic rings. The molecule has 0 aliphatic heterocycles. The van der Waals surface area contributed by atoms with Gasteiger partial charge in [0.2, 0.25) is 0 Å². The highest BCUT2D eigenvalue weighted by atomic mass is 16.4. The summed E-state index contributed by atoms with van der Waals surface area (Å²) in [5.74, 6) is -0.181. The average molecular weight is 226 g/mol. The lowest BCUT2D eigenvalue weighted by atomic mass is 10.0. The third-order valence-electron chi connectivity index (χ3n) is 2.04. The highest BCUT2D eigenvalue weighted by Gasteiger charge is 2.06. The van der Waals surface area contributed by atoms with E-state index in [1.807, 2.05) is 13.8 Å². The fraction of sp³-hybridized carbons (Fsp3) is 0.417. The Labute approximate surface area is 95.2 Å². The molecule has 16 heavy (non-hydrogen) atoms. The summed E-state index contributed by atoms with van der Waals surface area (Å²) in [7, 11) is 0. The van der Waals surface area contributed by atoms with E-state index in [0.717, 1.165) is 12.5 Å². The van der Waals surface area contributed by atoms with Gasteiger partial charge in [0, 0.05) is 12.5 Å². The molecule has 1 aromatic rings. The number of carboxylic acids is 1. The van der Waals surface area contributed by atoms with Gasteiger partial charge in [0.15, 0.2) is 0 Å². The van der Waals surface area contributed by atoms with Gasteiger partial charge in [-0.3, -0.25) is 4.79 Å². The van der Waals surface area contributed by atoms with Gasteiger partial charge in [-0.05, 0) is 30.5 Å². The molecule has 4 nitrogen and oxygen atoms in total. The van der Waals surface area contributed by atoms with Crippen molar-refractivity contribution in [2.75, 3.05) is 0 Å². The molecule has 1 aromatic carbocycles. The molecule has 0 spiro atoms. The maximum absolute atomic E-state index is 9.37. The molecule has 0 atom stereocenters. The number of benzene rings is 1. The van der Waals surface area contributed by atoms with Gasteiger partial charge < -0.3 is 15.3 Å². The topological polar surface area (TPSA) is 77.8 Å². The summed E-state index contributed by atoms with van der Waals surface area (Å²) in [5, 5.41) is 26.2. The standard InChI is InChI=1S/C10H14O2.C2H4O2/c1-6(2)8-4-9(11)7(3)10(12)5-8;1-2(3)4/h4-6,11-12H,1-3H3;1H3,(H,3,4). The Balaban J connectivity index is 0.000000487. The van der Waals surface area contributed by atoms with Crippen LogP contribution >= 0.6 is 0 Å². The SMILES string of the molecule is CC(=O)O.Cc1c(O)cc(C(C)C)cc1O. The Morgan fingerprint density at radius 1 is 1.19 bits per heavy atom. The van der Waals surface area contributed by atoms with Crippen molar-refractivity contribution < 1.29 is 20.1 Å². The quantitative estimate of drug-likeness (QED) is 0.687. The normalized spacial score (nSPS) is 9.56. The first kappa shape index (κ1) is 14.3. The predicted molar refractivity (Wildman–Crippen MR) is 61.9 cm³/mol. The molecule has 0 amide bonds. The first-order chi connectivity index (χ1) is 7.25. The highest BCUT2D eigenvalue weighted by molar-refractivity contribution is 5.62. The third kappa shape index (κ3) is 4.68. The van der Waals surface area contributed by atoms with Crippen molar-refractivity contribution in [3.05, 3.63) is 23.3 Å². The molecule has 0 saturated heterocycles. The van der Waals surface area contributed by atoms with Crippen molar-refractivity contribution in [1.29, 1.82) is 0 Å². The van der Waals surface area contributed by atoms with Crippen LogP contribution in [0.25, 0.3) is 0 Å². The van der Waals surface area contributed by atoms with Gasteiger partial charge in [-0.2, -0.15) is 0 Å². The number of phenolic OH excluding ortho intramolecular Hbond substituents is 2. The number of carbonyl (C=O) groups is 1. The first-order valence-electron chi connectivity index (χ1n) is 4.97. The van der Waals surface area contributed by atoms with Crippen LogP contribution in [0.4, 0.5) is 0 Å². The number of rotatable bonds is 1. The Morgan fingerprint density at radius 2 is 1.50 bits per heavy atom. The van der Waals surface area contributed by atoms with Crippen molar-refractivity contribution in [2.45, 2.75) is 33.6 Å². The van der Waals surface area contributed by atoms with Crippen molar-refractivity contribution in [2.24, 2.45) is 0 Å². The zero-order chi connectivity index (χ0) is 12.9. The molecule has 0 aliphatic carbocycles. The summed E-state index contributed by atoms with van der Waals surface area (Å²) in [5.41, 5.74) is 1.50. The molecule has 0 aromatic heterocycles. The van der Waals surface area contributed by atoms with E-state index < -0.39 is 5.97 Å². The number of hydrogen-bond acceptors (Lipinski definition) is 3. The fourth-order valence-electron chi connectivity index (χ4n) is 1.04. The lowest BCUT2D eigenvalue weighted by Gasteiger charge is -2.08. The molecule has 0 bridgehead atoms. The van der Waals surface area contributed by atoms with Crippen LogP contribution < -0.4 is 0 Å². The summed E-state index contributed by atoms with van der Waals surface area (Å²) < 4.78 is 0. The van der Waals surface area contributed by atoms with Crippen LogP contribution in [-0.4, -0.2) is 21.3 Å². The van der Waals surface area contributed by atoms with Crippen molar-refractivity contribution in [1.82, 2.24) is 0 Å². The Hall–Kier alpha value is -1.71. The lowest BCUT2D eigenvalue weighted by Crippen LogP contribution is -1.88. The zero-order valence-corrected chi connectivity index (χ0v) is 9.98. The molecule has 0 unspecified atom stereocenters. The molecular formula is C12H18O4. The summed E-state index contributed by atoms with van der Waals surface area (Å²) in [6.07, 6.45) is 0. The lowest BCUT2D eigenvalue weighted by molar-refractivity contribution is -0.134. The van der Waals surface area contributed by atoms with E-state index in [-0.39, 0.29) is 11.5 Å². The van der Waals surface area contributed by atoms with Gasteiger partial charge in [-0.15, -0.1) is 0 Å². The second kappa shape index (κ2) is 6.00. The summed E-state index contributed by atoms with van der Waals surface area (Å²) >= 11 is 0. The molecule has 3 N–H and O–H groups in total.